The van der Waals surface area contributed by atoms with Crippen molar-refractivity contribution in [1.29, 1.82) is 0 Å². The van der Waals surface area contributed by atoms with Gasteiger partial charge in [-0.15, -0.1) is 0 Å². The van der Waals surface area contributed by atoms with Gasteiger partial charge in [0, 0.05) is 31.5 Å². The highest BCUT2D eigenvalue weighted by atomic mass is 16.5. The molecule has 1 aromatic heterocycles. The number of carbonyl (C=O) groups is 1. The van der Waals surface area contributed by atoms with Crippen LogP contribution in [0.25, 0.3) is 0 Å². The van der Waals surface area contributed by atoms with Crippen molar-refractivity contribution >= 4 is 5.91 Å². The van der Waals surface area contributed by atoms with E-state index in [2.05, 4.69) is 20.6 Å². The van der Waals surface area contributed by atoms with Crippen LogP contribution in [0.3, 0.4) is 0 Å². The fraction of sp³-hybridized carbons (Fsp3) is 0.688. The number of amides is 1. The molecular formula is C16H24N4O2. The van der Waals surface area contributed by atoms with Gasteiger partial charge in [-0.2, -0.15) is 0 Å². The normalized spacial score (nSPS) is 26.0. The predicted molar refractivity (Wildman–Crippen MR) is 82.8 cm³/mol. The molecule has 2 fully saturated rings. The van der Waals surface area contributed by atoms with Crippen molar-refractivity contribution in [2.75, 3.05) is 26.2 Å². The second-order valence-electron chi connectivity index (χ2n) is 6.40. The molecule has 0 radical (unpaired) electrons. The van der Waals surface area contributed by atoms with Crippen molar-refractivity contribution in [1.82, 2.24) is 20.6 Å². The first kappa shape index (κ1) is 15.4. The molecule has 1 amide bonds. The number of hydrogen-bond acceptors (Lipinski definition) is 5. The molecule has 0 aliphatic carbocycles. The van der Waals surface area contributed by atoms with Crippen LogP contribution >= 0.6 is 0 Å². The number of hydrogen-bond donors (Lipinski definition) is 2. The Kier molecular flexibility index (Phi) is 4.69. The number of rotatable bonds is 4. The van der Waals surface area contributed by atoms with Crippen LogP contribution in [0, 0.1) is 0 Å². The Morgan fingerprint density at radius 2 is 2.18 bits per heavy atom. The van der Waals surface area contributed by atoms with Gasteiger partial charge in [0.1, 0.15) is 5.69 Å². The van der Waals surface area contributed by atoms with Gasteiger partial charge in [0.15, 0.2) is 0 Å². The highest BCUT2D eigenvalue weighted by Crippen LogP contribution is 2.26. The molecule has 2 saturated heterocycles. The third-order valence-electron chi connectivity index (χ3n) is 4.59. The summed E-state index contributed by atoms with van der Waals surface area (Å²) < 4.78 is 5.71. The van der Waals surface area contributed by atoms with E-state index >= 15 is 0 Å². The maximum atomic E-state index is 12.5. The Morgan fingerprint density at radius 1 is 1.41 bits per heavy atom. The maximum Gasteiger partial charge on any atom is 0.271 e. The fourth-order valence-corrected chi connectivity index (χ4v) is 3.25. The molecule has 1 aromatic rings. The summed E-state index contributed by atoms with van der Waals surface area (Å²) in [5.74, 6) is 0.173. The van der Waals surface area contributed by atoms with Crippen LogP contribution < -0.4 is 10.6 Å². The first-order valence-corrected chi connectivity index (χ1v) is 8.12. The van der Waals surface area contributed by atoms with Crippen molar-refractivity contribution in [3.8, 4) is 0 Å². The van der Waals surface area contributed by atoms with E-state index in [4.69, 9.17) is 4.74 Å². The van der Waals surface area contributed by atoms with Gasteiger partial charge in [-0.25, -0.2) is 4.98 Å². The number of ether oxygens (including phenoxy) is 1. The van der Waals surface area contributed by atoms with Crippen LogP contribution in [0.1, 0.15) is 54.7 Å². The van der Waals surface area contributed by atoms with E-state index in [1.54, 1.807) is 12.4 Å². The first-order chi connectivity index (χ1) is 10.7. The molecule has 1 atom stereocenters. The summed E-state index contributed by atoms with van der Waals surface area (Å²) in [5.41, 5.74) is 1.06. The second-order valence-corrected chi connectivity index (χ2v) is 6.40. The molecule has 3 rings (SSSR count). The van der Waals surface area contributed by atoms with Gasteiger partial charge >= 0.3 is 0 Å². The van der Waals surface area contributed by atoms with Crippen molar-refractivity contribution in [2.45, 2.75) is 44.1 Å². The van der Waals surface area contributed by atoms with Crippen molar-refractivity contribution in [3.05, 3.63) is 23.8 Å². The molecule has 0 unspecified atom stereocenters. The molecule has 0 bridgehead atoms. The van der Waals surface area contributed by atoms with Crippen molar-refractivity contribution in [2.24, 2.45) is 0 Å². The molecule has 0 saturated carbocycles. The van der Waals surface area contributed by atoms with E-state index in [1.807, 2.05) is 6.92 Å². The molecule has 0 aromatic carbocycles. The second kappa shape index (κ2) is 6.71. The SMILES string of the molecule is C[C@]1(CNC(=O)c2nccnc2C2CCNCC2)CCCO1. The average Bonchev–Trinajstić information content (AvgIpc) is 3.01. The summed E-state index contributed by atoms with van der Waals surface area (Å²) in [6, 6.07) is 0. The van der Waals surface area contributed by atoms with Gasteiger partial charge < -0.3 is 15.4 Å². The number of aromatic nitrogens is 2. The van der Waals surface area contributed by atoms with Crippen molar-refractivity contribution in [3.63, 3.8) is 0 Å². The Bertz CT molecular complexity index is 523. The van der Waals surface area contributed by atoms with Crippen molar-refractivity contribution < 1.29 is 9.53 Å². The summed E-state index contributed by atoms with van der Waals surface area (Å²) in [6.07, 6.45) is 7.30. The Labute approximate surface area is 131 Å². The van der Waals surface area contributed by atoms with Gasteiger partial charge in [0.2, 0.25) is 0 Å². The predicted octanol–water partition coefficient (Wildman–Crippen LogP) is 1.24. The van der Waals surface area contributed by atoms with Crippen LogP contribution in [0.2, 0.25) is 0 Å². The largest absolute Gasteiger partial charge is 0.373 e. The molecule has 0 spiro atoms. The van der Waals surface area contributed by atoms with Gasteiger partial charge in [0.05, 0.1) is 11.3 Å². The summed E-state index contributed by atoms with van der Waals surface area (Å²) in [4.78, 5) is 21.2. The van der Waals surface area contributed by atoms with Crippen LogP contribution in [-0.2, 0) is 4.74 Å². The quantitative estimate of drug-likeness (QED) is 0.875. The molecule has 3 heterocycles. The van der Waals surface area contributed by atoms with Crippen LogP contribution in [0.4, 0.5) is 0 Å². The monoisotopic (exact) mass is 304 g/mol. The zero-order chi connectivity index (χ0) is 15.4. The number of piperidine rings is 1. The molecular weight excluding hydrogens is 280 g/mol. The Balaban J connectivity index is 1.69. The molecule has 6 nitrogen and oxygen atoms in total. The Hall–Kier alpha value is -1.53. The fourth-order valence-electron chi connectivity index (χ4n) is 3.25. The van der Waals surface area contributed by atoms with Gasteiger partial charge in [-0.05, 0) is 45.7 Å². The third kappa shape index (κ3) is 3.44. The average molecular weight is 304 g/mol. The van der Waals surface area contributed by atoms with E-state index in [9.17, 15) is 4.79 Å². The minimum atomic E-state index is -0.243. The standard InChI is InChI=1S/C16H24N4O2/c1-16(5-2-10-22-16)11-20-15(21)14-13(18-8-9-19-14)12-3-6-17-7-4-12/h8-9,12,17H,2-7,10-11H2,1H3,(H,20,21)/t16-/m1/s1. The van der Waals surface area contributed by atoms with E-state index in [1.165, 1.54) is 0 Å². The van der Waals surface area contributed by atoms with Gasteiger partial charge in [-0.1, -0.05) is 0 Å². The maximum absolute atomic E-state index is 12.5. The van der Waals surface area contributed by atoms with Gasteiger partial charge in [-0.3, -0.25) is 9.78 Å². The lowest BCUT2D eigenvalue weighted by Gasteiger charge is -2.25. The van der Waals surface area contributed by atoms with Crippen LogP contribution in [-0.4, -0.2) is 47.7 Å². The number of nitrogens with one attached hydrogen (secondary N) is 2. The summed E-state index contributed by atoms with van der Waals surface area (Å²) >= 11 is 0. The summed E-state index contributed by atoms with van der Waals surface area (Å²) in [6.45, 7) is 5.28. The smallest absolute Gasteiger partial charge is 0.271 e. The molecule has 2 aliphatic heterocycles. The molecule has 22 heavy (non-hydrogen) atoms. The van der Waals surface area contributed by atoms with E-state index in [0.29, 0.717) is 18.2 Å². The summed E-state index contributed by atoms with van der Waals surface area (Å²) in [5, 5.41) is 6.31. The molecule has 2 N–H and O–H groups in total. The minimum Gasteiger partial charge on any atom is -0.373 e. The van der Waals surface area contributed by atoms with Crippen LogP contribution in [0.5, 0.6) is 0 Å². The number of carbonyl (C=O) groups excluding carboxylic acids is 1. The topological polar surface area (TPSA) is 76.1 Å². The van der Waals surface area contributed by atoms with Gasteiger partial charge in [0.25, 0.3) is 5.91 Å². The molecule has 2 aliphatic rings. The minimum absolute atomic E-state index is 0.140. The van der Waals surface area contributed by atoms with E-state index in [-0.39, 0.29) is 11.5 Å². The third-order valence-corrected chi connectivity index (χ3v) is 4.59. The van der Waals surface area contributed by atoms with E-state index < -0.39 is 0 Å². The zero-order valence-corrected chi connectivity index (χ0v) is 13.1. The molecule has 6 heteroatoms. The zero-order valence-electron chi connectivity index (χ0n) is 13.1. The first-order valence-electron chi connectivity index (χ1n) is 8.12. The van der Waals surface area contributed by atoms with E-state index in [0.717, 1.165) is 51.1 Å². The van der Waals surface area contributed by atoms with Crippen LogP contribution in [0.15, 0.2) is 12.4 Å². The number of nitrogens with zero attached hydrogens (tertiary/aromatic N) is 2. The highest BCUT2D eigenvalue weighted by Gasteiger charge is 2.31. The summed E-state index contributed by atoms with van der Waals surface area (Å²) in [7, 11) is 0. The Morgan fingerprint density at radius 3 is 2.91 bits per heavy atom. The lowest BCUT2D eigenvalue weighted by molar-refractivity contribution is 0.0205. The highest BCUT2D eigenvalue weighted by molar-refractivity contribution is 5.93. The lowest BCUT2D eigenvalue weighted by atomic mass is 9.92. The lowest BCUT2D eigenvalue weighted by Crippen LogP contribution is -2.41. The molecule has 120 valence electrons.